The lowest BCUT2D eigenvalue weighted by molar-refractivity contribution is -0.0394. The maximum absolute atomic E-state index is 5.73. The van der Waals surface area contributed by atoms with Crippen LogP contribution in [0.2, 0.25) is 0 Å². The summed E-state index contributed by atoms with van der Waals surface area (Å²) in [6.07, 6.45) is 2.54. The van der Waals surface area contributed by atoms with E-state index < -0.39 is 0 Å². The average Bonchev–Trinajstić information content (AvgIpc) is 2.93. The molecule has 0 amide bonds. The Morgan fingerprint density at radius 3 is 2.70 bits per heavy atom. The van der Waals surface area contributed by atoms with Crippen molar-refractivity contribution in [2.45, 2.75) is 32.4 Å². The molecule has 0 saturated carbocycles. The van der Waals surface area contributed by atoms with Crippen molar-refractivity contribution in [3.8, 4) is 11.5 Å². The number of nitrogens with zero attached hydrogens (tertiary/aromatic N) is 3. The zero-order valence-electron chi connectivity index (χ0n) is 14.1. The van der Waals surface area contributed by atoms with Gasteiger partial charge in [-0.2, -0.15) is 0 Å². The summed E-state index contributed by atoms with van der Waals surface area (Å²) in [6, 6.07) is 4.03. The number of ether oxygens (including phenoxy) is 2. The second-order valence-corrected chi connectivity index (χ2v) is 5.67. The van der Waals surface area contributed by atoms with Gasteiger partial charge in [0.25, 0.3) is 0 Å². The molecule has 3 rings (SSSR count). The second-order valence-electron chi connectivity index (χ2n) is 5.67. The summed E-state index contributed by atoms with van der Waals surface area (Å²) in [5, 5.41) is 1.77. The van der Waals surface area contributed by atoms with Gasteiger partial charge in [-0.05, 0) is 30.5 Å². The van der Waals surface area contributed by atoms with Crippen LogP contribution in [0.15, 0.2) is 22.1 Å². The predicted molar refractivity (Wildman–Crippen MR) is 89.6 cm³/mol. The minimum Gasteiger partial charge on any atom is -0.493 e. The quantitative estimate of drug-likeness (QED) is 0.837. The van der Waals surface area contributed by atoms with E-state index in [1.54, 1.807) is 19.3 Å². The molecule has 2 aliphatic heterocycles. The van der Waals surface area contributed by atoms with E-state index in [4.69, 9.17) is 24.3 Å². The number of rotatable bonds is 5. The molecule has 1 atom stereocenters. The topological polar surface area (TPSA) is 55.7 Å². The van der Waals surface area contributed by atoms with E-state index in [1.165, 1.54) is 5.56 Å². The van der Waals surface area contributed by atoms with Crippen molar-refractivity contribution < 1.29 is 14.3 Å². The van der Waals surface area contributed by atoms with Crippen LogP contribution in [0.4, 0.5) is 0 Å². The van der Waals surface area contributed by atoms with Crippen molar-refractivity contribution in [3.63, 3.8) is 0 Å². The van der Waals surface area contributed by atoms with Gasteiger partial charge >= 0.3 is 0 Å². The number of aliphatic imine (C=N–C) groups is 2. The van der Waals surface area contributed by atoms with Crippen molar-refractivity contribution >= 4 is 11.6 Å². The van der Waals surface area contributed by atoms with Crippen molar-refractivity contribution in [2.24, 2.45) is 9.98 Å². The maximum Gasteiger partial charge on any atom is 0.211 e. The molecule has 6 heteroatoms. The summed E-state index contributed by atoms with van der Waals surface area (Å²) >= 11 is 0. The van der Waals surface area contributed by atoms with Gasteiger partial charge in [0.05, 0.1) is 19.9 Å². The van der Waals surface area contributed by atoms with Crippen molar-refractivity contribution in [2.75, 3.05) is 27.8 Å². The highest BCUT2D eigenvalue weighted by molar-refractivity contribution is 6.07. The first-order valence-corrected chi connectivity index (χ1v) is 7.95. The summed E-state index contributed by atoms with van der Waals surface area (Å²) in [5.74, 6) is 2.23. The lowest BCUT2D eigenvalue weighted by Crippen LogP contribution is -2.35. The number of hydroxylamine groups is 2. The van der Waals surface area contributed by atoms with Gasteiger partial charge in [-0.25, -0.2) is 4.99 Å². The molecule has 0 saturated heterocycles. The molecule has 1 unspecified atom stereocenters. The van der Waals surface area contributed by atoms with E-state index in [-0.39, 0.29) is 6.17 Å². The number of benzene rings is 1. The fourth-order valence-electron chi connectivity index (χ4n) is 2.98. The molecule has 0 N–H and O–H groups in total. The van der Waals surface area contributed by atoms with E-state index in [0.29, 0.717) is 5.75 Å². The van der Waals surface area contributed by atoms with E-state index in [0.717, 1.165) is 48.7 Å². The van der Waals surface area contributed by atoms with Crippen LogP contribution in [-0.4, -0.2) is 50.7 Å². The zero-order chi connectivity index (χ0) is 16.4. The average molecular weight is 317 g/mol. The Bertz CT molecular complexity index is 655. The molecule has 23 heavy (non-hydrogen) atoms. The highest BCUT2D eigenvalue weighted by Gasteiger charge is 2.33. The first-order chi connectivity index (χ1) is 11.2. The van der Waals surface area contributed by atoms with E-state index in [9.17, 15) is 0 Å². The lowest BCUT2D eigenvalue weighted by Gasteiger charge is -2.24. The fraction of sp³-hybridized carbons (Fsp3) is 0.529. The molecule has 2 heterocycles. The Kier molecular flexibility index (Phi) is 4.52. The zero-order valence-corrected chi connectivity index (χ0v) is 14.1. The largest absolute Gasteiger partial charge is 0.493 e. The Morgan fingerprint density at radius 2 is 2.00 bits per heavy atom. The van der Waals surface area contributed by atoms with Crippen LogP contribution < -0.4 is 9.47 Å². The molecule has 2 aliphatic rings. The maximum atomic E-state index is 5.73. The Labute approximate surface area is 136 Å². The smallest absolute Gasteiger partial charge is 0.211 e. The van der Waals surface area contributed by atoms with Crippen LogP contribution in [0.5, 0.6) is 11.5 Å². The van der Waals surface area contributed by atoms with Crippen LogP contribution in [0.3, 0.4) is 0 Å². The van der Waals surface area contributed by atoms with Gasteiger partial charge in [-0.1, -0.05) is 6.92 Å². The number of methoxy groups -OCH3 is 2. The summed E-state index contributed by atoms with van der Waals surface area (Å²) < 4.78 is 10.8. The number of fused-ring (bicyclic) bond motifs is 1. The molecule has 1 aromatic rings. The fourth-order valence-corrected chi connectivity index (χ4v) is 2.98. The second kappa shape index (κ2) is 6.58. The number of hydrogen-bond acceptors (Lipinski definition) is 6. The Morgan fingerprint density at radius 1 is 1.26 bits per heavy atom. The van der Waals surface area contributed by atoms with Crippen LogP contribution >= 0.6 is 0 Å². The molecule has 1 aromatic carbocycles. The van der Waals surface area contributed by atoms with Gasteiger partial charge in [-0.15, -0.1) is 5.06 Å². The highest BCUT2D eigenvalue weighted by Crippen LogP contribution is 2.34. The third kappa shape index (κ3) is 2.91. The first-order valence-electron chi connectivity index (χ1n) is 7.95. The van der Waals surface area contributed by atoms with Crippen molar-refractivity contribution in [1.82, 2.24) is 5.06 Å². The molecular formula is C17H23N3O3. The van der Waals surface area contributed by atoms with Crippen LogP contribution in [0.25, 0.3) is 0 Å². The van der Waals surface area contributed by atoms with E-state index >= 15 is 0 Å². The van der Waals surface area contributed by atoms with Crippen molar-refractivity contribution in [1.29, 1.82) is 0 Å². The summed E-state index contributed by atoms with van der Waals surface area (Å²) in [5.41, 5.74) is 3.21. The molecular weight excluding hydrogens is 294 g/mol. The number of likely N-dealkylation sites (N-methyl/N-ethyl adjacent to an activating group) is 1. The summed E-state index contributed by atoms with van der Waals surface area (Å²) in [7, 11) is 5.20. The minimum absolute atomic E-state index is 0.200. The minimum atomic E-state index is -0.200. The molecule has 0 aliphatic carbocycles. The van der Waals surface area contributed by atoms with E-state index in [1.807, 2.05) is 19.2 Å². The van der Waals surface area contributed by atoms with Crippen LogP contribution in [0.1, 0.15) is 30.9 Å². The molecule has 0 radical (unpaired) electrons. The monoisotopic (exact) mass is 317 g/mol. The molecule has 0 fully saturated rings. The molecule has 0 bridgehead atoms. The molecule has 0 spiro atoms. The van der Waals surface area contributed by atoms with Crippen LogP contribution in [-0.2, 0) is 11.3 Å². The van der Waals surface area contributed by atoms with Gasteiger partial charge in [0.1, 0.15) is 0 Å². The number of hydrogen-bond donors (Lipinski definition) is 0. The summed E-state index contributed by atoms with van der Waals surface area (Å²) in [4.78, 5) is 15.1. The standard InChI is InChI=1S/C17H23N3O3/c1-5-6-15-19-17(20(2)23-15)16-12-10-14(22-4)13(21-3)9-11(12)7-8-18-16/h9-10,17H,5-8H2,1-4H3. The van der Waals surface area contributed by atoms with Gasteiger partial charge in [0.15, 0.2) is 17.7 Å². The van der Waals surface area contributed by atoms with Gasteiger partial charge < -0.3 is 14.3 Å². The van der Waals surface area contributed by atoms with Gasteiger partial charge in [0.2, 0.25) is 5.90 Å². The Hall–Kier alpha value is -2.08. The SMILES string of the molecule is CCCC1=NC(C2=NCCc3cc(OC)c(OC)cc32)N(C)O1. The normalized spacial score (nSPS) is 20.4. The predicted octanol–water partition coefficient (Wildman–Crippen LogP) is 2.45. The third-order valence-corrected chi connectivity index (χ3v) is 4.12. The summed E-state index contributed by atoms with van der Waals surface area (Å²) in [6.45, 7) is 2.87. The highest BCUT2D eigenvalue weighted by atomic mass is 16.7. The third-order valence-electron chi connectivity index (χ3n) is 4.12. The lowest BCUT2D eigenvalue weighted by atomic mass is 9.95. The van der Waals surface area contributed by atoms with Gasteiger partial charge in [-0.3, -0.25) is 4.99 Å². The Balaban J connectivity index is 1.99. The first kappa shape index (κ1) is 15.8. The van der Waals surface area contributed by atoms with Crippen LogP contribution in [0, 0.1) is 0 Å². The van der Waals surface area contributed by atoms with Crippen molar-refractivity contribution in [3.05, 3.63) is 23.3 Å². The molecule has 124 valence electrons. The molecule has 0 aromatic heterocycles. The van der Waals surface area contributed by atoms with E-state index in [2.05, 4.69) is 6.92 Å². The van der Waals surface area contributed by atoms with Gasteiger partial charge in [0, 0.05) is 25.6 Å². The molecule has 6 nitrogen and oxygen atoms in total.